The smallest absolute Gasteiger partial charge is 0.387 e. The number of nitrogens with one attached hydrogen (secondary N) is 2. The predicted molar refractivity (Wildman–Crippen MR) is 81.4 cm³/mol. The number of hydrogen-bond acceptors (Lipinski definition) is 4. The molecule has 0 aromatic heterocycles. The summed E-state index contributed by atoms with van der Waals surface area (Å²) < 4.78 is 40.0. The summed E-state index contributed by atoms with van der Waals surface area (Å²) in [6, 6.07) is 2.75. The normalized spacial score (nSPS) is 17.0. The molecule has 1 fully saturated rings. The molecule has 1 aromatic carbocycles. The highest BCUT2D eigenvalue weighted by molar-refractivity contribution is 5.74. The number of alkyl halides is 2. The minimum Gasteiger partial charge on any atom is -0.454 e. The van der Waals surface area contributed by atoms with Crippen LogP contribution in [0.25, 0.3) is 0 Å². The molecule has 1 aromatic rings. The lowest BCUT2D eigenvalue weighted by atomic mass is 9.96. The van der Waals surface area contributed by atoms with Gasteiger partial charge in [0.2, 0.25) is 6.79 Å². The van der Waals surface area contributed by atoms with Crippen LogP contribution in [0.2, 0.25) is 0 Å². The maximum atomic E-state index is 12.6. The van der Waals surface area contributed by atoms with Crippen molar-refractivity contribution in [3.8, 4) is 17.2 Å². The predicted octanol–water partition coefficient (Wildman–Crippen LogP) is 3.15. The Bertz CT molecular complexity index is 592. The van der Waals surface area contributed by atoms with Crippen molar-refractivity contribution < 1.29 is 27.8 Å². The van der Waals surface area contributed by atoms with Gasteiger partial charge in [0.05, 0.1) is 0 Å². The number of carbonyl (C=O) groups excluding carboxylic acids is 1. The highest BCUT2D eigenvalue weighted by Crippen LogP contribution is 2.38. The van der Waals surface area contributed by atoms with Gasteiger partial charge in [0, 0.05) is 24.2 Å². The van der Waals surface area contributed by atoms with Crippen molar-refractivity contribution in [2.75, 3.05) is 6.79 Å². The molecule has 0 saturated heterocycles. The Balaban J connectivity index is 1.61. The number of hydrogen-bond donors (Lipinski definition) is 2. The summed E-state index contributed by atoms with van der Waals surface area (Å²) in [7, 11) is 0. The van der Waals surface area contributed by atoms with Crippen LogP contribution in [0.1, 0.15) is 37.7 Å². The molecule has 2 N–H and O–H groups in total. The lowest BCUT2D eigenvalue weighted by Gasteiger charge is -2.23. The second-order valence-electron chi connectivity index (χ2n) is 5.85. The number of ether oxygens (including phenoxy) is 3. The van der Waals surface area contributed by atoms with Crippen LogP contribution in [0.15, 0.2) is 12.1 Å². The second-order valence-corrected chi connectivity index (χ2v) is 5.85. The van der Waals surface area contributed by atoms with E-state index in [1.807, 2.05) is 0 Å². The molecule has 0 radical (unpaired) electrons. The minimum atomic E-state index is -2.96. The first-order valence-electron chi connectivity index (χ1n) is 8.03. The third-order valence-corrected chi connectivity index (χ3v) is 4.15. The van der Waals surface area contributed by atoms with E-state index in [1.54, 1.807) is 6.07 Å². The number of carbonyl (C=O) groups is 1. The lowest BCUT2D eigenvalue weighted by molar-refractivity contribution is -0.0505. The van der Waals surface area contributed by atoms with Gasteiger partial charge in [-0.25, -0.2) is 4.79 Å². The molecule has 2 amide bonds. The van der Waals surface area contributed by atoms with E-state index in [0.29, 0.717) is 17.1 Å². The Kier molecular flexibility index (Phi) is 5.22. The average molecular weight is 342 g/mol. The summed E-state index contributed by atoms with van der Waals surface area (Å²) in [6.07, 6.45) is 5.36. The number of halogens is 2. The van der Waals surface area contributed by atoms with Crippen molar-refractivity contribution in [1.29, 1.82) is 0 Å². The summed E-state index contributed by atoms with van der Waals surface area (Å²) in [5, 5.41) is 5.59. The number of amides is 2. The first kappa shape index (κ1) is 16.6. The van der Waals surface area contributed by atoms with Gasteiger partial charge >= 0.3 is 12.6 Å². The topological polar surface area (TPSA) is 68.8 Å². The molecule has 3 rings (SSSR count). The van der Waals surface area contributed by atoms with Crippen molar-refractivity contribution in [2.45, 2.75) is 51.3 Å². The molecule has 6 nitrogen and oxygen atoms in total. The van der Waals surface area contributed by atoms with Crippen molar-refractivity contribution in [2.24, 2.45) is 0 Å². The van der Waals surface area contributed by atoms with Gasteiger partial charge in [-0.2, -0.15) is 8.78 Å². The molecule has 1 aliphatic heterocycles. The Hall–Kier alpha value is -2.25. The van der Waals surface area contributed by atoms with Gasteiger partial charge < -0.3 is 24.8 Å². The van der Waals surface area contributed by atoms with Crippen LogP contribution >= 0.6 is 0 Å². The maximum Gasteiger partial charge on any atom is 0.387 e. The zero-order chi connectivity index (χ0) is 16.9. The van der Waals surface area contributed by atoms with Gasteiger partial charge in [0.15, 0.2) is 11.5 Å². The molecule has 132 valence electrons. The van der Waals surface area contributed by atoms with E-state index in [4.69, 9.17) is 9.47 Å². The second kappa shape index (κ2) is 7.55. The van der Waals surface area contributed by atoms with Gasteiger partial charge in [-0.3, -0.25) is 0 Å². The monoisotopic (exact) mass is 342 g/mol. The maximum absolute atomic E-state index is 12.6. The summed E-state index contributed by atoms with van der Waals surface area (Å²) in [5.41, 5.74) is 0.401. The fourth-order valence-corrected chi connectivity index (χ4v) is 2.97. The molecular weight excluding hydrogens is 322 g/mol. The average Bonchev–Trinajstić information content (AvgIpc) is 3.00. The van der Waals surface area contributed by atoms with E-state index in [2.05, 4.69) is 15.4 Å². The molecule has 0 spiro atoms. The minimum absolute atomic E-state index is 0.0303. The van der Waals surface area contributed by atoms with Crippen LogP contribution in [-0.2, 0) is 6.54 Å². The molecule has 0 bridgehead atoms. The molecule has 24 heavy (non-hydrogen) atoms. The highest BCUT2D eigenvalue weighted by Gasteiger charge is 2.21. The summed E-state index contributed by atoms with van der Waals surface area (Å²) in [5.74, 6) is 0.759. The van der Waals surface area contributed by atoms with Crippen LogP contribution < -0.4 is 24.8 Å². The molecule has 8 heteroatoms. The van der Waals surface area contributed by atoms with Gasteiger partial charge in [0.25, 0.3) is 0 Å². The Morgan fingerprint density at radius 3 is 2.62 bits per heavy atom. The number of fused-ring (bicyclic) bond motifs is 1. The molecule has 1 heterocycles. The van der Waals surface area contributed by atoms with Crippen LogP contribution in [0.4, 0.5) is 13.6 Å². The zero-order valence-corrected chi connectivity index (χ0v) is 13.1. The van der Waals surface area contributed by atoms with E-state index in [1.165, 1.54) is 12.5 Å². The molecular formula is C16H20F2N2O4. The van der Waals surface area contributed by atoms with E-state index < -0.39 is 6.61 Å². The molecule has 1 saturated carbocycles. The van der Waals surface area contributed by atoms with Crippen molar-refractivity contribution >= 4 is 6.03 Å². The van der Waals surface area contributed by atoms with E-state index >= 15 is 0 Å². The van der Waals surface area contributed by atoms with Gasteiger partial charge in [-0.1, -0.05) is 19.3 Å². The zero-order valence-electron chi connectivity index (χ0n) is 13.1. The largest absolute Gasteiger partial charge is 0.454 e. The van der Waals surface area contributed by atoms with E-state index in [9.17, 15) is 13.6 Å². The lowest BCUT2D eigenvalue weighted by Crippen LogP contribution is -2.42. The summed E-state index contributed by atoms with van der Waals surface area (Å²) >= 11 is 0. The third kappa shape index (κ3) is 4.18. The third-order valence-electron chi connectivity index (χ3n) is 4.15. The van der Waals surface area contributed by atoms with Gasteiger partial charge in [0.1, 0.15) is 5.75 Å². The standard InChI is InChI=1S/C16H20F2N2O4/c17-15(18)24-12-7-14-13(22-9-23-14)6-10(12)8-19-16(21)20-11-4-2-1-3-5-11/h6-7,11,15H,1-5,8-9H2,(H2,19,20,21). The fourth-order valence-electron chi connectivity index (χ4n) is 2.97. The van der Waals surface area contributed by atoms with Gasteiger partial charge in [-0.05, 0) is 18.9 Å². The molecule has 2 aliphatic rings. The number of rotatable bonds is 5. The quantitative estimate of drug-likeness (QED) is 0.862. The SMILES string of the molecule is O=C(NCc1cc2c(cc1OC(F)F)OCO2)NC1CCCCC1. The Labute approximate surface area is 138 Å². The highest BCUT2D eigenvalue weighted by atomic mass is 19.3. The number of urea groups is 1. The molecule has 1 aliphatic carbocycles. The van der Waals surface area contributed by atoms with Crippen molar-refractivity contribution in [3.05, 3.63) is 17.7 Å². The van der Waals surface area contributed by atoms with Crippen molar-refractivity contribution in [1.82, 2.24) is 10.6 Å². The van der Waals surface area contributed by atoms with E-state index in [0.717, 1.165) is 25.7 Å². The first-order valence-corrected chi connectivity index (χ1v) is 8.03. The van der Waals surface area contributed by atoms with Crippen LogP contribution in [-0.4, -0.2) is 25.5 Å². The fraction of sp³-hybridized carbons (Fsp3) is 0.562. The van der Waals surface area contributed by atoms with Crippen LogP contribution in [0.5, 0.6) is 17.2 Å². The summed E-state index contributed by atoms with van der Waals surface area (Å²) in [6.45, 7) is -2.88. The van der Waals surface area contributed by atoms with Gasteiger partial charge in [-0.15, -0.1) is 0 Å². The summed E-state index contributed by atoms with van der Waals surface area (Å²) in [4.78, 5) is 12.0. The Morgan fingerprint density at radius 2 is 1.92 bits per heavy atom. The molecule has 0 unspecified atom stereocenters. The van der Waals surface area contributed by atoms with E-state index in [-0.39, 0.29) is 31.2 Å². The van der Waals surface area contributed by atoms with Crippen LogP contribution in [0.3, 0.4) is 0 Å². The first-order chi connectivity index (χ1) is 11.6. The Morgan fingerprint density at radius 1 is 1.21 bits per heavy atom. The van der Waals surface area contributed by atoms with Crippen molar-refractivity contribution in [3.63, 3.8) is 0 Å². The van der Waals surface area contributed by atoms with Crippen LogP contribution in [0, 0.1) is 0 Å². The number of benzene rings is 1. The molecule has 0 atom stereocenters.